The van der Waals surface area contributed by atoms with Crippen molar-refractivity contribution in [2.24, 2.45) is 0 Å². The van der Waals surface area contributed by atoms with Crippen molar-refractivity contribution >= 4 is 17.5 Å². The molecule has 0 saturated heterocycles. The molecule has 21 heavy (non-hydrogen) atoms. The van der Waals surface area contributed by atoms with Crippen molar-refractivity contribution in [3.8, 4) is 0 Å². The SMILES string of the molecule is [2H]c1c([2H])c(NC(=O)CCCCCCC(=O)NO)c([2H])c(C)c1C. The standard InChI is InChI=1S/C16H24N2O3/c1-12-9-10-14(11-13(12)2)17-15(19)7-5-3-4-6-8-16(20)18-21/h9-11,21H,3-8H2,1-2H3,(H,17,19)(H,18,20)/i9D,10D,11D. The number of anilines is 1. The highest BCUT2D eigenvalue weighted by molar-refractivity contribution is 5.90. The van der Waals surface area contributed by atoms with Gasteiger partial charge >= 0.3 is 0 Å². The highest BCUT2D eigenvalue weighted by Crippen LogP contribution is 2.15. The smallest absolute Gasteiger partial charge is 0.243 e. The van der Waals surface area contributed by atoms with Crippen LogP contribution in [0.2, 0.25) is 0 Å². The molecule has 0 saturated carbocycles. The molecule has 1 aromatic rings. The number of nitrogens with one attached hydrogen (secondary N) is 2. The Balaban J connectivity index is 2.48. The summed E-state index contributed by atoms with van der Waals surface area (Å²) in [5, 5.41) is 10.9. The van der Waals surface area contributed by atoms with E-state index in [1.165, 1.54) is 0 Å². The van der Waals surface area contributed by atoms with E-state index in [0.29, 0.717) is 24.0 Å². The molecular weight excluding hydrogens is 268 g/mol. The Labute approximate surface area is 129 Å². The largest absolute Gasteiger partial charge is 0.326 e. The summed E-state index contributed by atoms with van der Waals surface area (Å²) in [6.45, 7) is 3.39. The van der Waals surface area contributed by atoms with Crippen LogP contribution >= 0.6 is 0 Å². The van der Waals surface area contributed by atoms with Gasteiger partial charge in [0.2, 0.25) is 11.8 Å². The summed E-state index contributed by atoms with van der Waals surface area (Å²) in [5.74, 6) is -0.701. The second-order valence-corrected chi connectivity index (χ2v) is 5.00. The number of carbonyl (C=O) groups is 2. The van der Waals surface area contributed by atoms with Gasteiger partial charge in [-0.1, -0.05) is 18.9 Å². The van der Waals surface area contributed by atoms with Crippen molar-refractivity contribution in [3.05, 3.63) is 29.3 Å². The van der Waals surface area contributed by atoms with E-state index in [4.69, 9.17) is 9.32 Å². The van der Waals surface area contributed by atoms with Crippen molar-refractivity contribution < 1.29 is 18.9 Å². The molecular formula is C16H24N2O3. The fourth-order valence-corrected chi connectivity index (χ4v) is 1.81. The monoisotopic (exact) mass is 295 g/mol. The summed E-state index contributed by atoms with van der Waals surface area (Å²) in [4.78, 5) is 22.8. The number of amides is 2. The number of hydrogen-bond donors (Lipinski definition) is 3. The third-order valence-electron chi connectivity index (χ3n) is 3.20. The van der Waals surface area contributed by atoms with Crippen LogP contribution in [0.25, 0.3) is 0 Å². The van der Waals surface area contributed by atoms with Crippen LogP contribution in [0.5, 0.6) is 0 Å². The maximum Gasteiger partial charge on any atom is 0.243 e. The Hall–Kier alpha value is -1.88. The van der Waals surface area contributed by atoms with Gasteiger partial charge in [0.25, 0.3) is 0 Å². The first-order valence-corrected chi connectivity index (χ1v) is 7.09. The number of hydrogen-bond acceptors (Lipinski definition) is 3. The highest BCUT2D eigenvalue weighted by Gasteiger charge is 2.04. The third-order valence-corrected chi connectivity index (χ3v) is 3.20. The molecule has 5 nitrogen and oxygen atoms in total. The molecule has 0 aliphatic rings. The van der Waals surface area contributed by atoms with Crippen LogP contribution in [0.1, 0.15) is 53.8 Å². The van der Waals surface area contributed by atoms with Gasteiger partial charge in [-0.3, -0.25) is 14.8 Å². The van der Waals surface area contributed by atoms with Gasteiger partial charge in [0.05, 0.1) is 4.11 Å². The van der Waals surface area contributed by atoms with E-state index >= 15 is 0 Å². The van der Waals surface area contributed by atoms with E-state index in [1.807, 2.05) is 0 Å². The van der Waals surface area contributed by atoms with E-state index in [0.717, 1.165) is 12.8 Å². The third kappa shape index (κ3) is 6.90. The maximum atomic E-state index is 12.0. The number of hydroxylamine groups is 1. The minimum absolute atomic E-state index is 0.0287. The number of carbonyl (C=O) groups excluding carboxylic acids is 2. The summed E-state index contributed by atoms with van der Waals surface area (Å²) in [6.07, 6.45) is 3.32. The first-order chi connectivity index (χ1) is 11.3. The summed E-state index contributed by atoms with van der Waals surface area (Å²) in [6, 6.07) is -0.0238. The predicted molar refractivity (Wildman–Crippen MR) is 82.2 cm³/mol. The van der Waals surface area contributed by atoms with E-state index in [-0.39, 0.29) is 42.6 Å². The molecule has 0 radical (unpaired) electrons. The van der Waals surface area contributed by atoms with Gasteiger partial charge in [-0.2, -0.15) is 0 Å². The molecule has 1 rings (SSSR count). The van der Waals surface area contributed by atoms with Gasteiger partial charge in [-0.15, -0.1) is 0 Å². The topological polar surface area (TPSA) is 78.4 Å². The first kappa shape index (κ1) is 12.8. The lowest BCUT2D eigenvalue weighted by Gasteiger charge is -2.07. The molecule has 1 aromatic carbocycles. The Morgan fingerprint density at radius 3 is 2.29 bits per heavy atom. The van der Waals surface area contributed by atoms with Crippen molar-refractivity contribution in [1.29, 1.82) is 0 Å². The van der Waals surface area contributed by atoms with Gasteiger partial charge in [0.15, 0.2) is 0 Å². The fourth-order valence-electron chi connectivity index (χ4n) is 1.81. The van der Waals surface area contributed by atoms with Gasteiger partial charge in [0.1, 0.15) is 0 Å². The molecule has 116 valence electrons. The van der Waals surface area contributed by atoms with Crippen LogP contribution in [-0.4, -0.2) is 17.0 Å². The van der Waals surface area contributed by atoms with Crippen molar-refractivity contribution in [2.45, 2.75) is 52.4 Å². The van der Waals surface area contributed by atoms with E-state index in [1.54, 1.807) is 19.3 Å². The number of unbranched alkanes of at least 4 members (excludes halogenated alkanes) is 3. The van der Waals surface area contributed by atoms with Crippen LogP contribution in [-0.2, 0) is 9.59 Å². The van der Waals surface area contributed by atoms with Crippen LogP contribution < -0.4 is 10.8 Å². The molecule has 0 aromatic heterocycles. The normalized spacial score (nSPS) is 12.2. The Morgan fingerprint density at radius 1 is 1.05 bits per heavy atom. The average molecular weight is 295 g/mol. The first-order valence-electron chi connectivity index (χ1n) is 8.59. The molecule has 0 aliphatic heterocycles. The number of rotatable bonds is 8. The van der Waals surface area contributed by atoms with E-state index in [2.05, 4.69) is 5.32 Å². The van der Waals surface area contributed by atoms with Crippen molar-refractivity contribution in [2.75, 3.05) is 5.32 Å². The molecule has 0 unspecified atom stereocenters. The van der Waals surface area contributed by atoms with Crippen molar-refractivity contribution in [3.63, 3.8) is 0 Å². The average Bonchev–Trinajstić information content (AvgIpc) is 2.57. The van der Waals surface area contributed by atoms with Gasteiger partial charge in [-0.05, 0) is 49.9 Å². The quantitative estimate of drug-likeness (QED) is 0.392. The fraction of sp³-hybridized carbons (Fsp3) is 0.500. The Kier molecular flexibility index (Phi) is 5.58. The van der Waals surface area contributed by atoms with Crippen LogP contribution in [0.3, 0.4) is 0 Å². The lowest BCUT2D eigenvalue weighted by atomic mass is 10.1. The van der Waals surface area contributed by atoms with Crippen LogP contribution in [0, 0.1) is 13.8 Å². The minimum atomic E-state index is -0.417. The zero-order chi connectivity index (χ0) is 18.3. The van der Waals surface area contributed by atoms with E-state index < -0.39 is 5.91 Å². The molecule has 0 heterocycles. The minimum Gasteiger partial charge on any atom is -0.326 e. The maximum absolute atomic E-state index is 12.0. The van der Waals surface area contributed by atoms with Crippen molar-refractivity contribution in [1.82, 2.24) is 5.48 Å². The predicted octanol–water partition coefficient (Wildman–Crippen LogP) is 3.09. The van der Waals surface area contributed by atoms with Crippen LogP contribution in [0.4, 0.5) is 5.69 Å². The summed E-state index contributed by atoms with van der Waals surface area (Å²) in [7, 11) is 0. The molecule has 5 heteroatoms. The molecule has 0 bridgehead atoms. The molecule has 3 N–H and O–H groups in total. The molecule has 0 fully saturated rings. The summed E-state index contributed by atoms with van der Waals surface area (Å²) in [5.41, 5.74) is 2.83. The Bertz CT molecular complexity index is 592. The molecule has 0 aliphatic carbocycles. The molecule has 0 atom stereocenters. The lowest BCUT2D eigenvalue weighted by Crippen LogP contribution is -2.17. The van der Waals surface area contributed by atoms with Crippen LogP contribution in [0.15, 0.2) is 18.1 Å². The molecule has 2 amide bonds. The van der Waals surface area contributed by atoms with Gasteiger partial charge in [0, 0.05) is 18.5 Å². The number of benzene rings is 1. The zero-order valence-corrected chi connectivity index (χ0v) is 12.5. The summed E-state index contributed by atoms with van der Waals surface area (Å²) < 4.78 is 23.8. The summed E-state index contributed by atoms with van der Waals surface area (Å²) >= 11 is 0. The zero-order valence-electron chi connectivity index (χ0n) is 15.5. The second-order valence-electron chi connectivity index (χ2n) is 5.00. The van der Waals surface area contributed by atoms with Gasteiger partial charge < -0.3 is 5.32 Å². The second kappa shape index (κ2) is 9.13. The Morgan fingerprint density at radius 2 is 1.67 bits per heavy atom. The lowest BCUT2D eigenvalue weighted by molar-refractivity contribution is -0.129. The van der Waals surface area contributed by atoms with E-state index in [9.17, 15) is 9.59 Å². The van der Waals surface area contributed by atoms with Gasteiger partial charge in [-0.25, -0.2) is 5.48 Å². The highest BCUT2D eigenvalue weighted by atomic mass is 16.5. The molecule has 0 spiro atoms.